The second kappa shape index (κ2) is 5.30. The standard InChI is InChI=1S/C17H22N2/c1-2-17(9-5-10-17)13-18-12-14-8-11-19-16-7-4-3-6-15(14)16/h3-4,6-8,11,18H,2,5,9-10,12-13H2,1H3. The van der Waals surface area contributed by atoms with Crippen LogP contribution in [-0.2, 0) is 6.54 Å². The molecule has 1 N–H and O–H groups in total. The van der Waals surface area contributed by atoms with Crippen molar-refractivity contribution in [2.75, 3.05) is 6.54 Å². The third-order valence-electron chi connectivity index (χ3n) is 4.72. The minimum atomic E-state index is 0.586. The molecule has 0 spiro atoms. The summed E-state index contributed by atoms with van der Waals surface area (Å²) in [6, 6.07) is 10.5. The van der Waals surface area contributed by atoms with Crippen molar-refractivity contribution in [2.24, 2.45) is 5.41 Å². The Morgan fingerprint density at radius 3 is 2.79 bits per heavy atom. The van der Waals surface area contributed by atoms with Gasteiger partial charge in [-0.1, -0.05) is 31.5 Å². The molecular formula is C17H22N2. The number of pyridine rings is 1. The first kappa shape index (κ1) is 12.6. The number of nitrogens with zero attached hydrogens (tertiary/aromatic N) is 1. The Balaban J connectivity index is 1.68. The fraction of sp³-hybridized carbons (Fsp3) is 0.471. The first-order valence-corrected chi connectivity index (χ1v) is 7.36. The van der Waals surface area contributed by atoms with Crippen molar-refractivity contribution in [3.63, 3.8) is 0 Å². The van der Waals surface area contributed by atoms with Crippen LogP contribution in [0, 0.1) is 5.41 Å². The van der Waals surface area contributed by atoms with Gasteiger partial charge < -0.3 is 5.32 Å². The molecule has 0 aliphatic heterocycles. The number of rotatable bonds is 5. The molecule has 100 valence electrons. The maximum Gasteiger partial charge on any atom is 0.0705 e. The van der Waals surface area contributed by atoms with Crippen LogP contribution in [0.25, 0.3) is 10.9 Å². The van der Waals surface area contributed by atoms with E-state index in [0.29, 0.717) is 5.41 Å². The summed E-state index contributed by atoms with van der Waals surface area (Å²) >= 11 is 0. The lowest BCUT2D eigenvalue weighted by molar-refractivity contribution is 0.124. The van der Waals surface area contributed by atoms with Crippen LogP contribution in [0.5, 0.6) is 0 Å². The molecule has 1 aliphatic carbocycles. The summed E-state index contributed by atoms with van der Waals surface area (Å²) in [6.07, 6.45) is 7.42. The van der Waals surface area contributed by atoms with Crippen molar-refractivity contribution in [1.82, 2.24) is 10.3 Å². The van der Waals surface area contributed by atoms with Crippen LogP contribution in [-0.4, -0.2) is 11.5 Å². The Morgan fingerprint density at radius 2 is 2.05 bits per heavy atom. The number of benzene rings is 1. The van der Waals surface area contributed by atoms with Gasteiger partial charge in [0.05, 0.1) is 5.52 Å². The first-order valence-electron chi connectivity index (χ1n) is 7.36. The van der Waals surface area contributed by atoms with Crippen molar-refractivity contribution in [1.29, 1.82) is 0 Å². The van der Waals surface area contributed by atoms with Crippen molar-refractivity contribution < 1.29 is 0 Å². The minimum Gasteiger partial charge on any atom is -0.312 e. The van der Waals surface area contributed by atoms with Gasteiger partial charge in [0.25, 0.3) is 0 Å². The third-order valence-corrected chi connectivity index (χ3v) is 4.72. The van der Waals surface area contributed by atoms with Crippen LogP contribution in [0.15, 0.2) is 36.5 Å². The highest BCUT2D eigenvalue weighted by Gasteiger charge is 2.34. The quantitative estimate of drug-likeness (QED) is 0.875. The summed E-state index contributed by atoms with van der Waals surface area (Å²) in [5.41, 5.74) is 3.04. The zero-order chi connectivity index (χ0) is 13.1. The Morgan fingerprint density at radius 1 is 1.21 bits per heavy atom. The van der Waals surface area contributed by atoms with E-state index in [0.717, 1.165) is 18.6 Å². The molecular weight excluding hydrogens is 232 g/mol. The van der Waals surface area contributed by atoms with E-state index in [1.54, 1.807) is 0 Å². The van der Waals surface area contributed by atoms with Gasteiger partial charge in [-0.2, -0.15) is 0 Å². The number of nitrogens with one attached hydrogen (secondary N) is 1. The van der Waals surface area contributed by atoms with Gasteiger partial charge in [-0.3, -0.25) is 4.98 Å². The number of hydrogen-bond donors (Lipinski definition) is 1. The van der Waals surface area contributed by atoms with E-state index < -0.39 is 0 Å². The Hall–Kier alpha value is -1.41. The van der Waals surface area contributed by atoms with Gasteiger partial charge in [0.1, 0.15) is 0 Å². The van der Waals surface area contributed by atoms with Gasteiger partial charge in [-0.25, -0.2) is 0 Å². The van der Waals surface area contributed by atoms with E-state index in [1.165, 1.54) is 36.6 Å². The zero-order valence-corrected chi connectivity index (χ0v) is 11.7. The van der Waals surface area contributed by atoms with Crippen LogP contribution in [0.4, 0.5) is 0 Å². The molecule has 2 heteroatoms. The monoisotopic (exact) mass is 254 g/mol. The Bertz CT molecular complexity index is 547. The summed E-state index contributed by atoms with van der Waals surface area (Å²) < 4.78 is 0. The van der Waals surface area contributed by atoms with Crippen LogP contribution in [0.2, 0.25) is 0 Å². The number of fused-ring (bicyclic) bond motifs is 1. The maximum absolute atomic E-state index is 4.41. The highest BCUT2D eigenvalue weighted by Crippen LogP contribution is 2.43. The molecule has 1 saturated carbocycles. The summed E-state index contributed by atoms with van der Waals surface area (Å²) in [5.74, 6) is 0. The van der Waals surface area contributed by atoms with Gasteiger partial charge >= 0.3 is 0 Å². The smallest absolute Gasteiger partial charge is 0.0705 e. The maximum atomic E-state index is 4.41. The van der Waals surface area contributed by atoms with E-state index >= 15 is 0 Å². The van der Waals surface area contributed by atoms with E-state index in [9.17, 15) is 0 Å². The lowest BCUT2D eigenvalue weighted by atomic mass is 9.67. The molecule has 0 radical (unpaired) electrons. The minimum absolute atomic E-state index is 0.586. The van der Waals surface area contributed by atoms with Gasteiger partial charge in [0.15, 0.2) is 0 Å². The highest BCUT2D eigenvalue weighted by atomic mass is 14.9. The SMILES string of the molecule is CCC1(CNCc2ccnc3ccccc23)CCC1. The number of aromatic nitrogens is 1. The van der Waals surface area contributed by atoms with Gasteiger partial charge in [-0.15, -0.1) is 0 Å². The molecule has 1 aromatic heterocycles. The topological polar surface area (TPSA) is 24.9 Å². The van der Waals surface area contributed by atoms with Gasteiger partial charge in [0.2, 0.25) is 0 Å². The summed E-state index contributed by atoms with van der Waals surface area (Å²) in [4.78, 5) is 4.41. The third kappa shape index (κ3) is 2.50. The van der Waals surface area contributed by atoms with E-state index in [2.05, 4.69) is 41.5 Å². The van der Waals surface area contributed by atoms with Crippen molar-refractivity contribution in [3.8, 4) is 0 Å². The second-order valence-electron chi connectivity index (χ2n) is 5.80. The summed E-state index contributed by atoms with van der Waals surface area (Å²) in [6.45, 7) is 4.42. The van der Waals surface area contributed by atoms with E-state index in [-0.39, 0.29) is 0 Å². The molecule has 0 saturated heterocycles. The Labute approximate surface area is 115 Å². The predicted octanol–water partition coefficient (Wildman–Crippen LogP) is 3.90. The van der Waals surface area contributed by atoms with Crippen LogP contribution >= 0.6 is 0 Å². The van der Waals surface area contributed by atoms with E-state index in [4.69, 9.17) is 0 Å². The zero-order valence-electron chi connectivity index (χ0n) is 11.7. The van der Waals surface area contributed by atoms with Crippen LogP contribution in [0.3, 0.4) is 0 Å². The van der Waals surface area contributed by atoms with E-state index in [1.807, 2.05) is 12.3 Å². The van der Waals surface area contributed by atoms with Crippen molar-refractivity contribution in [3.05, 3.63) is 42.1 Å². The molecule has 0 atom stereocenters. The molecule has 1 aromatic carbocycles. The fourth-order valence-corrected chi connectivity index (χ4v) is 3.10. The molecule has 1 fully saturated rings. The summed E-state index contributed by atoms with van der Waals surface area (Å²) in [5, 5.41) is 4.93. The lowest BCUT2D eigenvalue weighted by Crippen LogP contribution is -2.39. The molecule has 1 aliphatic rings. The summed E-state index contributed by atoms with van der Waals surface area (Å²) in [7, 11) is 0. The number of hydrogen-bond acceptors (Lipinski definition) is 2. The molecule has 19 heavy (non-hydrogen) atoms. The van der Waals surface area contributed by atoms with Gasteiger partial charge in [0, 0.05) is 24.7 Å². The molecule has 3 rings (SSSR count). The predicted molar refractivity (Wildman–Crippen MR) is 80.0 cm³/mol. The molecule has 2 aromatic rings. The molecule has 0 amide bonds. The second-order valence-corrected chi connectivity index (χ2v) is 5.80. The largest absolute Gasteiger partial charge is 0.312 e. The van der Waals surface area contributed by atoms with Gasteiger partial charge in [-0.05, 0) is 42.4 Å². The molecule has 0 unspecified atom stereocenters. The van der Waals surface area contributed by atoms with Crippen molar-refractivity contribution >= 4 is 10.9 Å². The first-order chi connectivity index (χ1) is 9.33. The van der Waals surface area contributed by atoms with Crippen LogP contribution < -0.4 is 5.32 Å². The lowest BCUT2D eigenvalue weighted by Gasteiger charge is -2.41. The molecule has 2 nitrogen and oxygen atoms in total. The average molecular weight is 254 g/mol. The molecule has 1 heterocycles. The highest BCUT2D eigenvalue weighted by molar-refractivity contribution is 5.81. The Kier molecular flexibility index (Phi) is 3.52. The van der Waals surface area contributed by atoms with Crippen molar-refractivity contribution in [2.45, 2.75) is 39.2 Å². The normalized spacial score (nSPS) is 17.3. The fourth-order valence-electron chi connectivity index (χ4n) is 3.10. The van der Waals surface area contributed by atoms with Crippen LogP contribution in [0.1, 0.15) is 38.2 Å². The molecule has 0 bridgehead atoms. The number of para-hydroxylation sites is 1. The average Bonchev–Trinajstić information content (AvgIpc) is 2.42.